The first-order chi connectivity index (χ1) is 15.3. The molecule has 0 unspecified atom stereocenters. The van der Waals surface area contributed by atoms with Crippen molar-refractivity contribution in [2.75, 3.05) is 6.61 Å². The Morgan fingerprint density at radius 3 is 2.52 bits per heavy atom. The van der Waals surface area contributed by atoms with Crippen molar-refractivity contribution in [3.63, 3.8) is 0 Å². The van der Waals surface area contributed by atoms with Crippen molar-refractivity contribution in [1.29, 1.82) is 0 Å². The second-order valence-electron chi connectivity index (χ2n) is 7.65. The topological polar surface area (TPSA) is 27.1 Å². The average Bonchev–Trinajstić information content (AvgIpc) is 3.17. The Labute approximate surface area is 190 Å². The lowest BCUT2D eigenvalue weighted by molar-refractivity contribution is 0.304. The molecule has 0 radical (unpaired) electrons. The van der Waals surface area contributed by atoms with Crippen molar-refractivity contribution in [3.05, 3.63) is 95.5 Å². The number of fused-ring (bicyclic) bond motifs is 2. The lowest BCUT2D eigenvalue weighted by atomic mass is 10.1. The van der Waals surface area contributed by atoms with Crippen LogP contribution in [0.3, 0.4) is 0 Å². The number of aryl methyl sites for hydroxylation is 1. The molecule has 5 rings (SSSR count). The number of benzene rings is 4. The average molecular weight is 471 g/mol. The summed E-state index contributed by atoms with van der Waals surface area (Å²) in [5.41, 5.74) is 3.33. The highest BCUT2D eigenvalue weighted by Gasteiger charge is 2.12. The fourth-order valence-corrected chi connectivity index (χ4v) is 4.37. The third-order valence-electron chi connectivity index (χ3n) is 5.50. The Morgan fingerprint density at radius 1 is 0.774 bits per heavy atom. The molecule has 0 saturated carbocycles. The minimum Gasteiger partial charge on any atom is -0.494 e. The number of rotatable bonds is 7. The summed E-state index contributed by atoms with van der Waals surface area (Å²) < 4.78 is 9.41. The Balaban J connectivity index is 1.27. The van der Waals surface area contributed by atoms with Gasteiger partial charge >= 0.3 is 0 Å². The van der Waals surface area contributed by atoms with Crippen LogP contribution in [0.4, 0.5) is 0 Å². The van der Waals surface area contributed by atoms with Crippen LogP contribution >= 0.6 is 15.9 Å². The summed E-state index contributed by atoms with van der Waals surface area (Å²) in [6.07, 6.45) is 2.01. The number of hydrogen-bond acceptors (Lipinski definition) is 2. The maximum Gasteiger partial charge on any atom is 0.141 e. The number of unbranched alkanes of at least 4 members (excludes halogenated alkanes) is 1. The molecule has 3 nitrogen and oxygen atoms in total. The second kappa shape index (κ2) is 8.94. The first-order valence-electron chi connectivity index (χ1n) is 10.6. The van der Waals surface area contributed by atoms with E-state index < -0.39 is 0 Å². The molecule has 1 heterocycles. The highest BCUT2D eigenvalue weighted by Crippen LogP contribution is 2.27. The van der Waals surface area contributed by atoms with E-state index in [0.29, 0.717) is 6.61 Å². The second-order valence-corrected chi connectivity index (χ2v) is 8.57. The molecule has 0 N–H and O–H groups in total. The van der Waals surface area contributed by atoms with Gasteiger partial charge in [0.15, 0.2) is 0 Å². The van der Waals surface area contributed by atoms with Gasteiger partial charge in [0.25, 0.3) is 0 Å². The Bertz CT molecular complexity index is 1340. The lowest BCUT2D eigenvalue weighted by Gasteiger charge is -2.11. The molecule has 154 valence electrons. The van der Waals surface area contributed by atoms with Gasteiger partial charge in [-0.3, -0.25) is 0 Å². The maximum absolute atomic E-state index is 6.02. The SMILES string of the molecule is Brc1cccc(-c2nc3ccccc3n2CCCCOc2ccc3ccccc3c2)c1. The van der Waals surface area contributed by atoms with Crippen LogP contribution in [0.25, 0.3) is 33.2 Å². The number of para-hydroxylation sites is 2. The van der Waals surface area contributed by atoms with Crippen molar-refractivity contribution in [2.24, 2.45) is 0 Å². The fraction of sp³-hybridized carbons (Fsp3) is 0.148. The van der Waals surface area contributed by atoms with Crippen LogP contribution in [0.5, 0.6) is 5.75 Å². The number of hydrogen-bond donors (Lipinski definition) is 0. The molecule has 1 aromatic heterocycles. The van der Waals surface area contributed by atoms with E-state index in [0.717, 1.165) is 46.5 Å². The van der Waals surface area contributed by atoms with Gasteiger partial charge in [-0.2, -0.15) is 0 Å². The largest absolute Gasteiger partial charge is 0.494 e. The van der Waals surface area contributed by atoms with Crippen molar-refractivity contribution in [1.82, 2.24) is 9.55 Å². The van der Waals surface area contributed by atoms with Crippen LogP contribution in [-0.4, -0.2) is 16.2 Å². The predicted molar refractivity (Wildman–Crippen MR) is 132 cm³/mol. The third-order valence-corrected chi connectivity index (χ3v) is 6.00. The van der Waals surface area contributed by atoms with Crippen LogP contribution in [-0.2, 0) is 6.54 Å². The van der Waals surface area contributed by atoms with E-state index in [2.05, 4.69) is 99.4 Å². The summed E-state index contributed by atoms with van der Waals surface area (Å²) in [5, 5.41) is 2.45. The summed E-state index contributed by atoms with van der Waals surface area (Å²) in [6.45, 7) is 1.61. The predicted octanol–water partition coefficient (Wildman–Crippen LogP) is 7.48. The molecule has 0 amide bonds. The number of halogens is 1. The van der Waals surface area contributed by atoms with Crippen molar-refractivity contribution >= 4 is 37.7 Å². The Morgan fingerprint density at radius 2 is 1.61 bits per heavy atom. The van der Waals surface area contributed by atoms with E-state index in [9.17, 15) is 0 Å². The van der Waals surface area contributed by atoms with E-state index >= 15 is 0 Å². The Kier molecular flexibility index (Phi) is 5.72. The van der Waals surface area contributed by atoms with E-state index in [1.54, 1.807) is 0 Å². The van der Waals surface area contributed by atoms with Crippen molar-refractivity contribution in [2.45, 2.75) is 19.4 Å². The van der Waals surface area contributed by atoms with Crippen molar-refractivity contribution in [3.8, 4) is 17.1 Å². The van der Waals surface area contributed by atoms with Crippen LogP contribution in [0.1, 0.15) is 12.8 Å². The van der Waals surface area contributed by atoms with Gasteiger partial charge in [-0.25, -0.2) is 4.98 Å². The number of ether oxygens (including phenoxy) is 1. The van der Waals surface area contributed by atoms with Gasteiger partial charge in [0.1, 0.15) is 11.6 Å². The minimum atomic E-state index is 0.706. The number of nitrogens with zero attached hydrogens (tertiary/aromatic N) is 2. The summed E-state index contributed by atoms with van der Waals surface area (Å²) >= 11 is 3.58. The molecule has 31 heavy (non-hydrogen) atoms. The molecule has 4 heteroatoms. The first-order valence-corrected chi connectivity index (χ1v) is 11.4. The van der Waals surface area contributed by atoms with Gasteiger partial charge in [0.05, 0.1) is 17.6 Å². The summed E-state index contributed by atoms with van der Waals surface area (Å²) in [6, 6.07) is 31.3. The van der Waals surface area contributed by atoms with Crippen LogP contribution in [0.15, 0.2) is 95.5 Å². The minimum absolute atomic E-state index is 0.706. The zero-order valence-electron chi connectivity index (χ0n) is 17.2. The lowest BCUT2D eigenvalue weighted by Crippen LogP contribution is -2.04. The molecule has 4 aromatic carbocycles. The van der Waals surface area contributed by atoms with E-state index in [1.165, 1.54) is 16.3 Å². The van der Waals surface area contributed by atoms with Gasteiger partial charge in [0, 0.05) is 16.6 Å². The summed E-state index contributed by atoms with van der Waals surface area (Å²) in [4.78, 5) is 4.91. The van der Waals surface area contributed by atoms with Gasteiger partial charge in [-0.05, 0) is 60.0 Å². The monoisotopic (exact) mass is 470 g/mol. The molecule has 0 spiro atoms. The van der Waals surface area contributed by atoms with Crippen LogP contribution < -0.4 is 4.74 Å². The van der Waals surface area contributed by atoms with Crippen molar-refractivity contribution < 1.29 is 4.74 Å². The standard InChI is InChI=1S/C27H23BrN2O/c28-23-11-7-10-22(18-23)27-29-25-12-3-4-13-26(25)30(27)16-5-6-17-31-24-15-14-20-8-1-2-9-21(20)19-24/h1-4,7-15,18-19H,5-6,16-17H2. The number of imidazole rings is 1. The molecular weight excluding hydrogens is 448 g/mol. The molecular formula is C27H23BrN2O. The molecule has 0 aliphatic rings. The zero-order valence-corrected chi connectivity index (χ0v) is 18.8. The molecule has 5 aromatic rings. The van der Waals surface area contributed by atoms with E-state index in [1.807, 2.05) is 12.1 Å². The molecule has 0 fully saturated rings. The van der Waals surface area contributed by atoms with Crippen LogP contribution in [0.2, 0.25) is 0 Å². The zero-order chi connectivity index (χ0) is 21.0. The quantitative estimate of drug-likeness (QED) is 0.230. The molecule has 0 aliphatic carbocycles. The first kappa shape index (κ1) is 19.8. The normalized spacial score (nSPS) is 11.3. The van der Waals surface area contributed by atoms with Gasteiger partial charge in [-0.15, -0.1) is 0 Å². The van der Waals surface area contributed by atoms with Gasteiger partial charge in [0.2, 0.25) is 0 Å². The smallest absolute Gasteiger partial charge is 0.141 e. The number of aromatic nitrogens is 2. The summed E-state index contributed by atoms with van der Waals surface area (Å²) in [7, 11) is 0. The Hall–Kier alpha value is -3.11. The van der Waals surface area contributed by atoms with Crippen LogP contribution in [0, 0.1) is 0 Å². The highest BCUT2D eigenvalue weighted by atomic mass is 79.9. The third kappa shape index (κ3) is 4.35. The van der Waals surface area contributed by atoms with E-state index in [-0.39, 0.29) is 0 Å². The molecule has 0 bridgehead atoms. The van der Waals surface area contributed by atoms with E-state index in [4.69, 9.17) is 9.72 Å². The summed E-state index contributed by atoms with van der Waals surface area (Å²) in [5.74, 6) is 1.94. The molecule has 0 aliphatic heterocycles. The maximum atomic E-state index is 6.02. The fourth-order valence-electron chi connectivity index (χ4n) is 3.97. The molecule has 0 atom stereocenters. The van der Waals surface area contributed by atoms with Gasteiger partial charge in [-0.1, -0.05) is 70.5 Å². The molecule has 0 saturated heterocycles. The van der Waals surface area contributed by atoms with Gasteiger partial charge < -0.3 is 9.30 Å². The highest BCUT2D eigenvalue weighted by molar-refractivity contribution is 9.10.